The number of fused-ring (bicyclic) bond motifs is 2. The van der Waals surface area contributed by atoms with E-state index in [9.17, 15) is 9.59 Å². The standard InChI is InChI=1S/C20H20N2O4/c1-14(23)22(16-6-7-18-19(12-16)26-11-10-25-18)13-20(24)21-9-8-15-4-2-3-5-17(15)21/h2-7,12H,8-11,13H2,1H3. The lowest BCUT2D eigenvalue weighted by Gasteiger charge is -2.26. The fourth-order valence-corrected chi connectivity index (χ4v) is 3.40. The summed E-state index contributed by atoms with van der Waals surface area (Å²) in [6, 6.07) is 13.2. The van der Waals surface area contributed by atoms with Gasteiger partial charge in [-0.25, -0.2) is 0 Å². The molecule has 0 bridgehead atoms. The summed E-state index contributed by atoms with van der Waals surface area (Å²) in [6.45, 7) is 3.08. The fourth-order valence-electron chi connectivity index (χ4n) is 3.40. The van der Waals surface area contributed by atoms with Crippen LogP contribution in [0, 0.1) is 0 Å². The summed E-state index contributed by atoms with van der Waals surface area (Å²) in [7, 11) is 0. The average molecular weight is 352 g/mol. The number of hydrogen-bond donors (Lipinski definition) is 0. The first-order chi connectivity index (χ1) is 12.6. The molecule has 2 aromatic rings. The van der Waals surface area contributed by atoms with E-state index in [1.54, 1.807) is 23.1 Å². The van der Waals surface area contributed by atoms with Crippen LogP contribution in [-0.2, 0) is 16.0 Å². The normalized spacial score (nSPS) is 14.7. The predicted molar refractivity (Wildman–Crippen MR) is 98.0 cm³/mol. The van der Waals surface area contributed by atoms with Gasteiger partial charge >= 0.3 is 0 Å². The Kier molecular flexibility index (Phi) is 4.24. The molecule has 0 atom stereocenters. The van der Waals surface area contributed by atoms with E-state index in [0.29, 0.717) is 36.9 Å². The predicted octanol–water partition coefficient (Wildman–Crippen LogP) is 2.40. The van der Waals surface area contributed by atoms with Gasteiger partial charge in [-0.2, -0.15) is 0 Å². The van der Waals surface area contributed by atoms with Crippen LogP contribution in [0.15, 0.2) is 42.5 Å². The number of anilines is 2. The van der Waals surface area contributed by atoms with Crippen molar-refractivity contribution in [2.75, 3.05) is 36.1 Å². The second kappa shape index (κ2) is 6.71. The topological polar surface area (TPSA) is 59.1 Å². The Labute approximate surface area is 151 Å². The lowest BCUT2D eigenvalue weighted by Crippen LogP contribution is -2.41. The monoisotopic (exact) mass is 352 g/mol. The molecule has 6 heteroatoms. The molecular formula is C20H20N2O4. The number of carbonyl (C=O) groups excluding carboxylic acids is 2. The van der Waals surface area contributed by atoms with Gasteiger partial charge in [0.05, 0.1) is 0 Å². The van der Waals surface area contributed by atoms with Crippen LogP contribution in [0.2, 0.25) is 0 Å². The van der Waals surface area contributed by atoms with Gasteiger partial charge in [-0.05, 0) is 30.2 Å². The van der Waals surface area contributed by atoms with Crippen molar-refractivity contribution < 1.29 is 19.1 Å². The Bertz CT molecular complexity index is 865. The highest BCUT2D eigenvalue weighted by atomic mass is 16.6. The Balaban J connectivity index is 1.56. The van der Waals surface area contributed by atoms with Crippen LogP contribution in [0.1, 0.15) is 12.5 Å². The summed E-state index contributed by atoms with van der Waals surface area (Å²) in [6.07, 6.45) is 0.839. The van der Waals surface area contributed by atoms with Crippen molar-refractivity contribution in [1.82, 2.24) is 0 Å². The quantitative estimate of drug-likeness (QED) is 0.851. The summed E-state index contributed by atoms with van der Waals surface area (Å²) in [5.41, 5.74) is 2.72. The molecule has 2 aliphatic rings. The van der Waals surface area contributed by atoms with Gasteiger partial charge in [0.15, 0.2) is 11.5 Å². The number of para-hydroxylation sites is 1. The molecule has 134 valence electrons. The summed E-state index contributed by atoms with van der Waals surface area (Å²) < 4.78 is 11.1. The summed E-state index contributed by atoms with van der Waals surface area (Å²) in [5, 5.41) is 0. The number of benzene rings is 2. The van der Waals surface area contributed by atoms with E-state index < -0.39 is 0 Å². The Morgan fingerprint density at radius 3 is 2.65 bits per heavy atom. The van der Waals surface area contributed by atoms with E-state index >= 15 is 0 Å². The minimum Gasteiger partial charge on any atom is -0.486 e. The van der Waals surface area contributed by atoms with Crippen LogP contribution in [-0.4, -0.2) is 38.1 Å². The molecular weight excluding hydrogens is 332 g/mol. The summed E-state index contributed by atoms with van der Waals surface area (Å²) >= 11 is 0. The maximum absolute atomic E-state index is 12.9. The molecule has 26 heavy (non-hydrogen) atoms. The highest BCUT2D eigenvalue weighted by molar-refractivity contribution is 6.04. The molecule has 2 aliphatic heterocycles. The van der Waals surface area contributed by atoms with Crippen molar-refractivity contribution in [2.24, 2.45) is 0 Å². The minimum atomic E-state index is -0.192. The largest absolute Gasteiger partial charge is 0.486 e. The van der Waals surface area contributed by atoms with E-state index in [1.807, 2.05) is 24.3 Å². The Hall–Kier alpha value is -3.02. The highest BCUT2D eigenvalue weighted by Crippen LogP contribution is 2.34. The molecule has 0 aromatic heterocycles. The first kappa shape index (κ1) is 16.4. The molecule has 2 heterocycles. The van der Waals surface area contributed by atoms with Crippen LogP contribution in [0.4, 0.5) is 11.4 Å². The third kappa shape index (κ3) is 2.98. The van der Waals surface area contributed by atoms with E-state index in [-0.39, 0.29) is 18.4 Å². The van der Waals surface area contributed by atoms with Gasteiger partial charge in [-0.3, -0.25) is 9.59 Å². The van der Waals surface area contributed by atoms with Gasteiger partial charge in [-0.1, -0.05) is 18.2 Å². The number of ether oxygens (including phenoxy) is 2. The van der Waals surface area contributed by atoms with E-state index in [1.165, 1.54) is 11.8 Å². The van der Waals surface area contributed by atoms with Gasteiger partial charge in [0.25, 0.3) is 0 Å². The van der Waals surface area contributed by atoms with E-state index in [4.69, 9.17) is 9.47 Å². The number of amides is 2. The molecule has 2 aromatic carbocycles. The van der Waals surface area contributed by atoms with Crippen LogP contribution in [0.25, 0.3) is 0 Å². The molecule has 0 radical (unpaired) electrons. The Morgan fingerprint density at radius 1 is 1.08 bits per heavy atom. The van der Waals surface area contributed by atoms with Crippen molar-refractivity contribution in [1.29, 1.82) is 0 Å². The average Bonchev–Trinajstić information content (AvgIpc) is 3.09. The van der Waals surface area contributed by atoms with Gasteiger partial charge in [0.2, 0.25) is 11.8 Å². The van der Waals surface area contributed by atoms with Crippen molar-refractivity contribution >= 4 is 23.2 Å². The first-order valence-electron chi connectivity index (χ1n) is 8.69. The molecule has 2 amide bonds. The van der Waals surface area contributed by atoms with Crippen molar-refractivity contribution in [3.8, 4) is 11.5 Å². The summed E-state index contributed by atoms with van der Waals surface area (Å²) in [4.78, 5) is 28.3. The third-order valence-corrected chi connectivity index (χ3v) is 4.70. The van der Waals surface area contributed by atoms with Gasteiger partial charge in [0, 0.05) is 30.9 Å². The number of hydrogen-bond acceptors (Lipinski definition) is 4. The zero-order valence-corrected chi connectivity index (χ0v) is 14.6. The number of carbonyl (C=O) groups is 2. The van der Waals surface area contributed by atoms with Gasteiger partial charge < -0.3 is 19.3 Å². The molecule has 0 saturated heterocycles. The zero-order valence-electron chi connectivity index (χ0n) is 14.6. The zero-order chi connectivity index (χ0) is 18.1. The van der Waals surface area contributed by atoms with Crippen LogP contribution >= 0.6 is 0 Å². The number of rotatable bonds is 3. The van der Waals surface area contributed by atoms with Crippen LogP contribution in [0.5, 0.6) is 11.5 Å². The number of nitrogens with zero attached hydrogens (tertiary/aromatic N) is 2. The van der Waals surface area contributed by atoms with E-state index in [0.717, 1.165) is 17.7 Å². The maximum atomic E-state index is 12.9. The second-order valence-electron chi connectivity index (χ2n) is 6.36. The van der Waals surface area contributed by atoms with E-state index in [2.05, 4.69) is 0 Å². The third-order valence-electron chi connectivity index (χ3n) is 4.70. The van der Waals surface area contributed by atoms with Crippen molar-refractivity contribution in [3.63, 3.8) is 0 Å². The lowest BCUT2D eigenvalue weighted by atomic mass is 10.2. The molecule has 4 rings (SSSR count). The van der Waals surface area contributed by atoms with Crippen LogP contribution in [0.3, 0.4) is 0 Å². The SMILES string of the molecule is CC(=O)N(CC(=O)N1CCc2ccccc21)c1ccc2c(c1)OCCO2. The highest BCUT2D eigenvalue weighted by Gasteiger charge is 2.27. The fraction of sp³-hybridized carbons (Fsp3) is 0.300. The molecule has 0 saturated carbocycles. The second-order valence-corrected chi connectivity index (χ2v) is 6.36. The molecule has 6 nitrogen and oxygen atoms in total. The first-order valence-corrected chi connectivity index (χ1v) is 8.69. The van der Waals surface area contributed by atoms with Gasteiger partial charge in [0.1, 0.15) is 19.8 Å². The smallest absolute Gasteiger partial charge is 0.247 e. The molecule has 0 spiro atoms. The van der Waals surface area contributed by atoms with Crippen LogP contribution < -0.4 is 19.3 Å². The molecule has 0 N–H and O–H groups in total. The van der Waals surface area contributed by atoms with Crippen molar-refractivity contribution in [3.05, 3.63) is 48.0 Å². The van der Waals surface area contributed by atoms with Gasteiger partial charge in [-0.15, -0.1) is 0 Å². The molecule has 0 fully saturated rings. The lowest BCUT2D eigenvalue weighted by molar-refractivity contribution is -0.121. The Morgan fingerprint density at radius 2 is 1.85 bits per heavy atom. The molecule has 0 unspecified atom stereocenters. The molecule has 0 aliphatic carbocycles. The maximum Gasteiger partial charge on any atom is 0.247 e. The summed E-state index contributed by atoms with van der Waals surface area (Å²) in [5.74, 6) is 0.963. The minimum absolute atomic E-state index is 0.0106. The van der Waals surface area contributed by atoms with Crippen molar-refractivity contribution in [2.45, 2.75) is 13.3 Å².